The molecule has 1 aromatic heterocycles. The number of amides is 1. The quantitative estimate of drug-likeness (QED) is 0.521. The number of hydrogen-bond acceptors (Lipinski definition) is 5. The first kappa shape index (κ1) is 8.41. The molecule has 6 heteroatoms. The van der Waals surface area contributed by atoms with Gasteiger partial charge in [-0.15, -0.1) is 0 Å². The van der Waals surface area contributed by atoms with Crippen molar-refractivity contribution in [2.45, 2.75) is 0 Å². The Morgan fingerprint density at radius 1 is 1.67 bits per heavy atom. The van der Waals surface area contributed by atoms with Gasteiger partial charge in [0, 0.05) is 0 Å². The number of carbonyl (C=O) groups excluding carboxylic acids is 1. The minimum absolute atomic E-state index is 0.0938. The summed E-state index contributed by atoms with van der Waals surface area (Å²) in [5, 5.41) is 2.42. The molecule has 0 bridgehead atoms. The zero-order valence-electron chi connectivity index (χ0n) is 6.32. The zero-order chi connectivity index (χ0) is 8.97. The van der Waals surface area contributed by atoms with Gasteiger partial charge in [0.1, 0.15) is 6.33 Å². The number of anilines is 2. The average molecular weight is 167 g/mol. The van der Waals surface area contributed by atoms with Crippen molar-refractivity contribution in [3.63, 3.8) is 0 Å². The van der Waals surface area contributed by atoms with Crippen LogP contribution in [0.5, 0.6) is 0 Å². The fourth-order valence-corrected chi connectivity index (χ4v) is 0.628. The molecule has 0 saturated carbocycles. The molecule has 12 heavy (non-hydrogen) atoms. The SMILES string of the molecule is NCC(=O)Nc1ncncc1N. The molecule has 0 aromatic carbocycles. The second-order valence-corrected chi connectivity index (χ2v) is 2.08. The lowest BCUT2D eigenvalue weighted by atomic mass is 10.4. The third-order valence-electron chi connectivity index (χ3n) is 1.18. The highest BCUT2D eigenvalue weighted by Gasteiger charge is 2.02. The third-order valence-corrected chi connectivity index (χ3v) is 1.18. The first-order valence-electron chi connectivity index (χ1n) is 3.29. The minimum atomic E-state index is -0.333. The predicted octanol–water partition coefficient (Wildman–Crippen LogP) is -1.04. The first-order valence-corrected chi connectivity index (χ1v) is 3.29. The van der Waals surface area contributed by atoms with E-state index in [-0.39, 0.29) is 12.5 Å². The maximum Gasteiger partial charge on any atom is 0.239 e. The van der Waals surface area contributed by atoms with Crippen LogP contribution >= 0.6 is 0 Å². The highest BCUT2D eigenvalue weighted by atomic mass is 16.1. The second kappa shape index (κ2) is 3.63. The van der Waals surface area contributed by atoms with E-state index in [2.05, 4.69) is 15.3 Å². The maximum absolute atomic E-state index is 10.8. The van der Waals surface area contributed by atoms with Gasteiger partial charge in [-0.05, 0) is 0 Å². The van der Waals surface area contributed by atoms with E-state index in [4.69, 9.17) is 11.5 Å². The topological polar surface area (TPSA) is 107 Å². The summed E-state index contributed by atoms with van der Waals surface area (Å²) in [5.74, 6) is -0.0409. The summed E-state index contributed by atoms with van der Waals surface area (Å²) in [7, 11) is 0. The molecule has 0 aliphatic heterocycles. The number of carbonyl (C=O) groups is 1. The molecular weight excluding hydrogens is 158 g/mol. The van der Waals surface area contributed by atoms with E-state index in [9.17, 15) is 4.79 Å². The van der Waals surface area contributed by atoms with Crippen LogP contribution in [0.2, 0.25) is 0 Å². The predicted molar refractivity (Wildman–Crippen MR) is 44.1 cm³/mol. The lowest BCUT2D eigenvalue weighted by Crippen LogP contribution is -2.23. The van der Waals surface area contributed by atoms with Gasteiger partial charge in [-0.3, -0.25) is 4.79 Å². The van der Waals surface area contributed by atoms with Gasteiger partial charge >= 0.3 is 0 Å². The van der Waals surface area contributed by atoms with Crippen LogP contribution in [0.3, 0.4) is 0 Å². The van der Waals surface area contributed by atoms with E-state index >= 15 is 0 Å². The molecule has 0 aliphatic carbocycles. The summed E-state index contributed by atoms with van der Waals surface area (Å²) in [6.45, 7) is -0.0938. The van der Waals surface area contributed by atoms with Crippen molar-refractivity contribution >= 4 is 17.4 Å². The Balaban J connectivity index is 2.75. The van der Waals surface area contributed by atoms with Crippen molar-refractivity contribution in [1.29, 1.82) is 0 Å². The molecule has 5 N–H and O–H groups in total. The van der Waals surface area contributed by atoms with E-state index in [1.165, 1.54) is 12.5 Å². The molecule has 0 aliphatic rings. The standard InChI is InChI=1S/C6H9N5O/c7-1-5(12)11-6-4(8)2-9-3-10-6/h2-3H,1,7-8H2,(H,9,10,11,12). The van der Waals surface area contributed by atoms with Crippen LogP contribution in [-0.4, -0.2) is 22.4 Å². The molecule has 1 aromatic rings. The van der Waals surface area contributed by atoms with Crippen molar-refractivity contribution < 1.29 is 4.79 Å². The molecule has 1 heterocycles. The lowest BCUT2D eigenvalue weighted by molar-refractivity contribution is -0.114. The molecule has 0 fully saturated rings. The van der Waals surface area contributed by atoms with Crippen molar-refractivity contribution in [2.75, 3.05) is 17.6 Å². The molecule has 64 valence electrons. The number of nitrogen functional groups attached to an aromatic ring is 1. The minimum Gasteiger partial charge on any atom is -0.394 e. The summed E-state index contributed by atoms with van der Waals surface area (Å²) >= 11 is 0. The lowest BCUT2D eigenvalue weighted by Gasteiger charge is -2.03. The van der Waals surface area contributed by atoms with Crippen LogP contribution in [0.1, 0.15) is 0 Å². The van der Waals surface area contributed by atoms with E-state index in [0.717, 1.165) is 0 Å². The Hall–Kier alpha value is -1.69. The Morgan fingerprint density at radius 3 is 3.00 bits per heavy atom. The molecular formula is C6H9N5O. The fraction of sp³-hybridized carbons (Fsp3) is 0.167. The number of rotatable bonds is 2. The van der Waals surface area contributed by atoms with Gasteiger partial charge in [0.25, 0.3) is 0 Å². The van der Waals surface area contributed by atoms with Gasteiger partial charge in [-0.2, -0.15) is 0 Å². The van der Waals surface area contributed by atoms with E-state index in [1.807, 2.05) is 0 Å². The number of hydrogen-bond donors (Lipinski definition) is 3. The van der Waals surface area contributed by atoms with Gasteiger partial charge in [-0.1, -0.05) is 0 Å². The van der Waals surface area contributed by atoms with E-state index in [0.29, 0.717) is 11.5 Å². The average Bonchev–Trinajstić information content (AvgIpc) is 2.09. The van der Waals surface area contributed by atoms with E-state index < -0.39 is 0 Å². The highest BCUT2D eigenvalue weighted by Crippen LogP contribution is 2.10. The van der Waals surface area contributed by atoms with Crippen LogP contribution in [0, 0.1) is 0 Å². The number of nitrogens with two attached hydrogens (primary N) is 2. The van der Waals surface area contributed by atoms with Crippen molar-refractivity contribution in [3.8, 4) is 0 Å². The summed E-state index contributed by atoms with van der Waals surface area (Å²) in [4.78, 5) is 18.2. The van der Waals surface area contributed by atoms with Crippen LogP contribution in [0.4, 0.5) is 11.5 Å². The number of nitrogens with zero attached hydrogens (tertiary/aromatic N) is 2. The highest BCUT2D eigenvalue weighted by molar-refractivity contribution is 5.93. The Kier molecular flexibility index (Phi) is 2.54. The third kappa shape index (κ3) is 1.89. The van der Waals surface area contributed by atoms with Gasteiger partial charge in [0.2, 0.25) is 5.91 Å². The Morgan fingerprint density at radius 2 is 2.42 bits per heavy atom. The summed E-state index contributed by atoms with van der Waals surface area (Å²) in [6, 6.07) is 0. The van der Waals surface area contributed by atoms with Gasteiger partial charge in [-0.25, -0.2) is 9.97 Å². The normalized spacial score (nSPS) is 9.42. The smallest absolute Gasteiger partial charge is 0.239 e. The van der Waals surface area contributed by atoms with Gasteiger partial charge < -0.3 is 16.8 Å². The maximum atomic E-state index is 10.8. The van der Waals surface area contributed by atoms with Crippen LogP contribution in [0.15, 0.2) is 12.5 Å². The van der Waals surface area contributed by atoms with E-state index in [1.54, 1.807) is 0 Å². The molecule has 0 saturated heterocycles. The van der Waals surface area contributed by atoms with Crippen molar-refractivity contribution in [2.24, 2.45) is 5.73 Å². The summed E-state index contributed by atoms with van der Waals surface area (Å²) in [5.41, 5.74) is 10.8. The molecule has 0 atom stereocenters. The van der Waals surface area contributed by atoms with Gasteiger partial charge in [0.15, 0.2) is 5.82 Å². The molecule has 1 rings (SSSR count). The molecule has 6 nitrogen and oxygen atoms in total. The molecule has 0 unspecified atom stereocenters. The first-order chi connectivity index (χ1) is 5.74. The summed E-state index contributed by atoms with van der Waals surface area (Å²) in [6.07, 6.45) is 2.70. The molecule has 1 amide bonds. The Labute approximate surface area is 69.0 Å². The fourth-order valence-electron chi connectivity index (χ4n) is 0.628. The second-order valence-electron chi connectivity index (χ2n) is 2.08. The van der Waals surface area contributed by atoms with Crippen LogP contribution in [-0.2, 0) is 4.79 Å². The monoisotopic (exact) mass is 167 g/mol. The largest absolute Gasteiger partial charge is 0.394 e. The summed E-state index contributed by atoms with van der Waals surface area (Å²) < 4.78 is 0. The Bertz CT molecular complexity index is 287. The molecule has 0 spiro atoms. The van der Waals surface area contributed by atoms with Crippen LogP contribution in [0.25, 0.3) is 0 Å². The van der Waals surface area contributed by atoms with Crippen molar-refractivity contribution in [3.05, 3.63) is 12.5 Å². The number of aromatic nitrogens is 2. The molecule has 0 radical (unpaired) electrons. The van der Waals surface area contributed by atoms with Crippen LogP contribution < -0.4 is 16.8 Å². The zero-order valence-corrected chi connectivity index (χ0v) is 6.32. The van der Waals surface area contributed by atoms with Crippen molar-refractivity contribution in [1.82, 2.24) is 9.97 Å². The van der Waals surface area contributed by atoms with Gasteiger partial charge in [0.05, 0.1) is 18.4 Å². The number of nitrogens with one attached hydrogen (secondary N) is 1.